The predicted molar refractivity (Wildman–Crippen MR) is 83.4 cm³/mol. The maximum atomic E-state index is 9.42. The quantitative estimate of drug-likeness (QED) is 0.445. The molecule has 2 N–H and O–H groups in total. The van der Waals surface area contributed by atoms with E-state index in [1.807, 2.05) is 13.8 Å². The van der Waals surface area contributed by atoms with Crippen LogP contribution in [0.2, 0.25) is 0 Å². The van der Waals surface area contributed by atoms with Crippen LogP contribution < -0.4 is 0 Å². The van der Waals surface area contributed by atoms with Crippen molar-refractivity contribution in [3.8, 4) is 0 Å². The van der Waals surface area contributed by atoms with Crippen LogP contribution in [-0.4, -0.2) is 22.4 Å². The maximum Gasteiger partial charge on any atom is 0.0537 e. The third-order valence-corrected chi connectivity index (χ3v) is 3.88. The third kappa shape index (κ3) is 15.9. The van der Waals surface area contributed by atoms with E-state index < -0.39 is 0 Å². The highest BCUT2D eigenvalue weighted by molar-refractivity contribution is 4.54. The van der Waals surface area contributed by atoms with Gasteiger partial charge in [0.2, 0.25) is 0 Å². The van der Waals surface area contributed by atoms with Crippen LogP contribution in [0.15, 0.2) is 0 Å². The van der Waals surface area contributed by atoms with Gasteiger partial charge in [0.1, 0.15) is 0 Å². The molecular formula is C17H36O2. The number of aliphatic hydroxyl groups excluding tert-OH is 2. The molecule has 0 aliphatic rings. The topological polar surface area (TPSA) is 40.5 Å². The number of aliphatic hydroxyl groups is 2. The first-order valence-electron chi connectivity index (χ1n) is 8.53. The van der Waals surface area contributed by atoms with Gasteiger partial charge < -0.3 is 10.2 Å². The SMILES string of the molecule is CCC(O)CCCCCCCCCCCCC(C)O. The molecule has 19 heavy (non-hydrogen) atoms. The Balaban J connectivity index is 2.99. The van der Waals surface area contributed by atoms with E-state index in [-0.39, 0.29) is 12.2 Å². The molecule has 2 unspecified atom stereocenters. The van der Waals surface area contributed by atoms with E-state index in [1.165, 1.54) is 64.2 Å². The minimum absolute atomic E-state index is 0.0679. The van der Waals surface area contributed by atoms with Crippen molar-refractivity contribution in [1.82, 2.24) is 0 Å². The highest BCUT2D eigenvalue weighted by Gasteiger charge is 1.99. The fraction of sp³-hybridized carbons (Fsp3) is 1.00. The molecule has 0 fully saturated rings. The largest absolute Gasteiger partial charge is 0.393 e. The van der Waals surface area contributed by atoms with Crippen LogP contribution in [0.3, 0.4) is 0 Å². The zero-order valence-corrected chi connectivity index (χ0v) is 13.2. The van der Waals surface area contributed by atoms with Crippen molar-refractivity contribution >= 4 is 0 Å². The zero-order chi connectivity index (χ0) is 14.3. The second kappa shape index (κ2) is 14.3. The number of hydrogen-bond donors (Lipinski definition) is 2. The van der Waals surface area contributed by atoms with Gasteiger partial charge >= 0.3 is 0 Å². The molecule has 0 aromatic heterocycles. The van der Waals surface area contributed by atoms with Gasteiger partial charge in [-0.3, -0.25) is 0 Å². The summed E-state index contributed by atoms with van der Waals surface area (Å²) in [5.74, 6) is 0. The summed E-state index contributed by atoms with van der Waals surface area (Å²) >= 11 is 0. The van der Waals surface area contributed by atoms with Gasteiger partial charge in [-0.15, -0.1) is 0 Å². The molecular weight excluding hydrogens is 236 g/mol. The van der Waals surface area contributed by atoms with Gasteiger partial charge in [0.05, 0.1) is 12.2 Å². The van der Waals surface area contributed by atoms with Crippen LogP contribution in [-0.2, 0) is 0 Å². The average Bonchev–Trinajstić information content (AvgIpc) is 2.39. The predicted octanol–water partition coefficient (Wildman–Crippen LogP) is 4.82. The molecule has 2 atom stereocenters. The van der Waals surface area contributed by atoms with Crippen molar-refractivity contribution in [2.45, 2.75) is 110 Å². The number of hydrogen-bond acceptors (Lipinski definition) is 2. The minimum Gasteiger partial charge on any atom is -0.393 e. The lowest BCUT2D eigenvalue weighted by Crippen LogP contribution is -2.03. The van der Waals surface area contributed by atoms with E-state index in [0.717, 1.165) is 19.3 Å². The fourth-order valence-corrected chi connectivity index (χ4v) is 2.44. The van der Waals surface area contributed by atoms with Gasteiger partial charge in [0, 0.05) is 0 Å². The van der Waals surface area contributed by atoms with Crippen molar-refractivity contribution in [1.29, 1.82) is 0 Å². The van der Waals surface area contributed by atoms with Crippen molar-refractivity contribution in [2.24, 2.45) is 0 Å². The second-order valence-electron chi connectivity index (χ2n) is 6.02. The summed E-state index contributed by atoms with van der Waals surface area (Å²) in [5.41, 5.74) is 0. The normalized spacial score (nSPS) is 14.5. The van der Waals surface area contributed by atoms with Gasteiger partial charge in [0.25, 0.3) is 0 Å². The van der Waals surface area contributed by atoms with Gasteiger partial charge in [-0.1, -0.05) is 71.1 Å². The zero-order valence-electron chi connectivity index (χ0n) is 13.2. The van der Waals surface area contributed by atoms with E-state index in [0.29, 0.717) is 0 Å². The van der Waals surface area contributed by atoms with Gasteiger partial charge in [-0.25, -0.2) is 0 Å². The molecule has 116 valence electrons. The first-order chi connectivity index (χ1) is 9.16. The van der Waals surface area contributed by atoms with Crippen molar-refractivity contribution in [3.05, 3.63) is 0 Å². The van der Waals surface area contributed by atoms with Crippen LogP contribution >= 0.6 is 0 Å². The van der Waals surface area contributed by atoms with E-state index in [2.05, 4.69) is 0 Å². The van der Waals surface area contributed by atoms with Crippen LogP contribution in [0, 0.1) is 0 Å². The average molecular weight is 272 g/mol. The Hall–Kier alpha value is -0.0800. The molecule has 2 nitrogen and oxygen atoms in total. The minimum atomic E-state index is -0.119. The van der Waals surface area contributed by atoms with E-state index >= 15 is 0 Å². The Labute approximate surface area is 120 Å². The molecule has 0 heterocycles. The maximum absolute atomic E-state index is 9.42. The second-order valence-corrected chi connectivity index (χ2v) is 6.02. The highest BCUT2D eigenvalue weighted by Crippen LogP contribution is 2.13. The Morgan fingerprint density at radius 2 is 1.00 bits per heavy atom. The van der Waals surface area contributed by atoms with Crippen LogP contribution in [0.25, 0.3) is 0 Å². The molecule has 0 aliphatic heterocycles. The lowest BCUT2D eigenvalue weighted by Gasteiger charge is -2.07. The summed E-state index contributed by atoms with van der Waals surface area (Å²) in [7, 11) is 0. The van der Waals surface area contributed by atoms with E-state index in [4.69, 9.17) is 5.11 Å². The monoisotopic (exact) mass is 272 g/mol. The van der Waals surface area contributed by atoms with Crippen LogP contribution in [0.5, 0.6) is 0 Å². The Kier molecular flexibility index (Phi) is 14.3. The first-order valence-corrected chi connectivity index (χ1v) is 8.53. The molecule has 0 aromatic rings. The summed E-state index contributed by atoms with van der Waals surface area (Å²) in [6.45, 7) is 3.92. The number of rotatable bonds is 14. The van der Waals surface area contributed by atoms with Crippen LogP contribution in [0.4, 0.5) is 0 Å². The van der Waals surface area contributed by atoms with Gasteiger partial charge in [-0.05, 0) is 26.2 Å². The summed E-state index contributed by atoms with van der Waals surface area (Å²) < 4.78 is 0. The third-order valence-electron chi connectivity index (χ3n) is 3.88. The van der Waals surface area contributed by atoms with Gasteiger partial charge in [0.15, 0.2) is 0 Å². The van der Waals surface area contributed by atoms with Crippen LogP contribution in [0.1, 0.15) is 97.3 Å². The van der Waals surface area contributed by atoms with Crippen molar-refractivity contribution < 1.29 is 10.2 Å². The standard InChI is InChI=1S/C17H36O2/c1-3-17(19)15-13-11-9-7-5-4-6-8-10-12-14-16(2)18/h16-19H,3-15H2,1-2H3. The lowest BCUT2D eigenvalue weighted by molar-refractivity contribution is 0.156. The Morgan fingerprint density at radius 3 is 1.37 bits per heavy atom. The smallest absolute Gasteiger partial charge is 0.0537 e. The van der Waals surface area contributed by atoms with Crippen molar-refractivity contribution in [2.75, 3.05) is 0 Å². The highest BCUT2D eigenvalue weighted by atomic mass is 16.3. The molecule has 0 spiro atoms. The molecule has 0 bridgehead atoms. The summed E-state index contributed by atoms with van der Waals surface area (Å²) in [5, 5.41) is 18.6. The Morgan fingerprint density at radius 1 is 0.632 bits per heavy atom. The summed E-state index contributed by atoms with van der Waals surface area (Å²) in [6.07, 6.45) is 15.7. The molecule has 0 amide bonds. The summed E-state index contributed by atoms with van der Waals surface area (Å²) in [4.78, 5) is 0. The number of unbranched alkanes of at least 4 members (excludes halogenated alkanes) is 9. The molecule has 2 heteroatoms. The molecule has 0 aliphatic carbocycles. The molecule has 0 saturated carbocycles. The molecule has 0 aromatic carbocycles. The van der Waals surface area contributed by atoms with Gasteiger partial charge in [-0.2, -0.15) is 0 Å². The lowest BCUT2D eigenvalue weighted by atomic mass is 10.0. The molecule has 0 radical (unpaired) electrons. The van der Waals surface area contributed by atoms with Crippen molar-refractivity contribution in [3.63, 3.8) is 0 Å². The molecule has 0 saturated heterocycles. The molecule has 0 rings (SSSR count). The Bertz CT molecular complexity index is 169. The van der Waals surface area contributed by atoms with E-state index in [9.17, 15) is 5.11 Å². The van der Waals surface area contributed by atoms with E-state index in [1.54, 1.807) is 0 Å². The first kappa shape index (κ1) is 18.9. The fourth-order valence-electron chi connectivity index (χ4n) is 2.44. The summed E-state index contributed by atoms with van der Waals surface area (Å²) in [6, 6.07) is 0.